The average Bonchev–Trinajstić information content (AvgIpc) is 2.48. The topological polar surface area (TPSA) is 84.7 Å². The number of urea groups is 1. The number of ether oxygens (including phenoxy) is 1. The van der Waals surface area contributed by atoms with Crippen molar-refractivity contribution in [3.05, 3.63) is 33.8 Å². The Bertz CT molecular complexity index is 582. The Labute approximate surface area is 138 Å². The summed E-state index contributed by atoms with van der Waals surface area (Å²) in [7, 11) is 0. The second-order valence-electron chi connectivity index (χ2n) is 5.06. The van der Waals surface area contributed by atoms with Crippen LogP contribution < -0.4 is 11.1 Å². The molecule has 1 heterocycles. The van der Waals surface area contributed by atoms with E-state index in [1.54, 1.807) is 19.1 Å². The monoisotopic (exact) mass is 345 g/mol. The van der Waals surface area contributed by atoms with Crippen molar-refractivity contribution in [2.24, 2.45) is 5.73 Å². The van der Waals surface area contributed by atoms with E-state index in [-0.39, 0.29) is 6.10 Å². The van der Waals surface area contributed by atoms with Gasteiger partial charge in [-0.05, 0) is 24.6 Å². The van der Waals surface area contributed by atoms with Gasteiger partial charge in [-0.25, -0.2) is 4.79 Å². The SMILES string of the molecule is C[C@H](C(=O)NC(N)=O)N1CCO[C@H](c2ccc(Cl)c(Cl)c2)C1. The Morgan fingerprint density at radius 2 is 2.14 bits per heavy atom. The first kappa shape index (κ1) is 17.0. The summed E-state index contributed by atoms with van der Waals surface area (Å²) >= 11 is 11.9. The quantitative estimate of drug-likeness (QED) is 0.876. The normalized spacial score (nSPS) is 20.4. The number of benzene rings is 1. The summed E-state index contributed by atoms with van der Waals surface area (Å²) in [6, 6.07) is 3.97. The maximum Gasteiger partial charge on any atom is 0.318 e. The van der Waals surface area contributed by atoms with E-state index >= 15 is 0 Å². The predicted octanol–water partition coefficient (Wildman–Crippen LogP) is 1.95. The van der Waals surface area contributed by atoms with Gasteiger partial charge in [0.1, 0.15) is 0 Å². The van der Waals surface area contributed by atoms with E-state index in [0.29, 0.717) is 29.7 Å². The molecule has 120 valence electrons. The lowest BCUT2D eigenvalue weighted by atomic mass is 10.1. The molecule has 0 bridgehead atoms. The highest BCUT2D eigenvalue weighted by atomic mass is 35.5. The Balaban J connectivity index is 2.06. The molecular formula is C14H17Cl2N3O3. The van der Waals surface area contributed by atoms with Crippen molar-refractivity contribution < 1.29 is 14.3 Å². The van der Waals surface area contributed by atoms with Crippen molar-refractivity contribution in [1.29, 1.82) is 0 Å². The first-order valence-electron chi connectivity index (χ1n) is 6.79. The second-order valence-corrected chi connectivity index (χ2v) is 5.87. The van der Waals surface area contributed by atoms with Crippen LogP contribution in [0.5, 0.6) is 0 Å². The summed E-state index contributed by atoms with van der Waals surface area (Å²) in [6.45, 7) is 3.28. The van der Waals surface area contributed by atoms with E-state index in [9.17, 15) is 9.59 Å². The van der Waals surface area contributed by atoms with Crippen LogP contribution in [0.3, 0.4) is 0 Å². The third kappa shape index (κ3) is 4.10. The van der Waals surface area contributed by atoms with Gasteiger partial charge in [0.2, 0.25) is 5.91 Å². The Morgan fingerprint density at radius 3 is 2.77 bits per heavy atom. The highest BCUT2D eigenvalue weighted by Crippen LogP contribution is 2.29. The van der Waals surface area contributed by atoms with Crippen LogP contribution in [0.15, 0.2) is 18.2 Å². The maximum absolute atomic E-state index is 11.9. The van der Waals surface area contributed by atoms with Crippen LogP contribution in [0.1, 0.15) is 18.6 Å². The number of nitrogens with two attached hydrogens (primary N) is 1. The molecule has 1 aliphatic heterocycles. The van der Waals surface area contributed by atoms with Crippen molar-refractivity contribution >= 4 is 35.1 Å². The van der Waals surface area contributed by atoms with Crippen LogP contribution in [-0.4, -0.2) is 42.6 Å². The van der Waals surface area contributed by atoms with Gasteiger partial charge < -0.3 is 10.5 Å². The van der Waals surface area contributed by atoms with Crippen LogP contribution in [0.4, 0.5) is 4.79 Å². The van der Waals surface area contributed by atoms with Gasteiger partial charge >= 0.3 is 6.03 Å². The van der Waals surface area contributed by atoms with Crippen LogP contribution in [0.2, 0.25) is 10.0 Å². The van der Waals surface area contributed by atoms with Gasteiger partial charge in [0.05, 0.1) is 28.8 Å². The predicted molar refractivity (Wildman–Crippen MR) is 83.9 cm³/mol. The van der Waals surface area contributed by atoms with E-state index in [1.165, 1.54) is 0 Å². The van der Waals surface area contributed by atoms with Gasteiger partial charge in [0.15, 0.2) is 0 Å². The molecule has 1 aromatic carbocycles. The standard InChI is InChI=1S/C14H17Cl2N3O3/c1-8(13(20)18-14(17)21)19-4-5-22-12(7-19)9-2-3-10(15)11(16)6-9/h2-3,6,8,12H,4-5,7H2,1H3,(H3,17,18,20,21)/t8-,12+/m1/s1. The number of rotatable bonds is 3. The van der Waals surface area contributed by atoms with Crippen LogP contribution in [0.25, 0.3) is 0 Å². The van der Waals surface area contributed by atoms with Gasteiger partial charge in [0.25, 0.3) is 0 Å². The number of nitrogens with zero attached hydrogens (tertiary/aromatic N) is 1. The minimum absolute atomic E-state index is 0.215. The number of imide groups is 1. The number of nitrogens with one attached hydrogen (secondary N) is 1. The zero-order valence-electron chi connectivity index (χ0n) is 12.0. The molecule has 2 rings (SSSR count). The lowest BCUT2D eigenvalue weighted by Crippen LogP contribution is -2.52. The fraction of sp³-hybridized carbons (Fsp3) is 0.429. The largest absolute Gasteiger partial charge is 0.371 e. The lowest BCUT2D eigenvalue weighted by molar-refractivity contribution is -0.128. The molecule has 1 aromatic rings. The fourth-order valence-corrected chi connectivity index (χ4v) is 2.63. The number of hydrogen-bond donors (Lipinski definition) is 2. The second kappa shape index (κ2) is 7.28. The number of primary amides is 1. The molecule has 2 atom stereocenters. The highest BCUT2D eigenvalue weighted by Gasteiger charge is 2.29. The molecule has 3 N–H and O–H groups in total. The van der Waals surface area contributed by atoms with E-state index in [1.807, 2.05) is 11.0 Å². The third-order valence-corrected chi connectivity index (χ3v) is 4.33. The number of hydrogen-bond acceptors (Lipinski definition) is 4. The van der Waals surface area contributed by atoms with Crippen molar-refractivity contribution in [3.63, 3.8) is 0 Å². The van der Waals surface area contributed by atoms with Crippen LogP contribution >= 0.6 is 23.2 Å². The molecule has 0 spiro atoms. The molecule has 0 radical (unpaired) electrons. The van der Waals surface area contributed by atoms with Crippen molar-refractivity contribution in [3.8, 4) is 0 Å². The summed E-state index contributed by atoms with van der Waals surface area (Å²) in [6.07, 6.45) is -0.215. The van der Waals surface area contributed by atoms with Crippen LogP contribution in [-0.2, 0) is 9.53 Å². The van der Waals surface area contributed by atoms with Crippen molar-refractivity contribution in [2.75, 3.05) is 19.7 Å². The molecule has 6 nitrogen and oxygen atoms in total. The summed E-state index contributed by atoms with van der Waals surface area (Å²) in [5.74, 6) is -0.428. The minimum atomic E-state index is -0.855. The first-order valence-corrected chi connectivity index (χ1v) is 7.55. The van der Waals surface area contributed by atoms with Crippen LogP contribution in [0, 0.1) is 0 Å². The molecule has 3 amide bonds. The Morgan fingerprint density at radius 1 is 1.41 bits per heavy atom. The number of morpholine rings is 1. The Kier molecular flexibility index (Phi) is 5.63. The van der Waals surface area contributed by atoms with Gasteiger partial charge in [-0.3, -0.25) is 15.0 Å². The fourth-order valence-electron chi connectivity index (χ4n) is 2.33. The van der Waals surface area contributed by atoms with Gasteiger partial charge in [-0.15, -0.1) is 0 Å². The number of amides is 3. The smallest absolute Gasteiger partial charge is 0.318 e. The number of carbonyl (C=O) groups excluding carboxylic acids is 2. The first-order chi connectivity index (χ1) is 10.4. The summed E-state index contributed by atoms with van der Waals surface area (Å²) in [4.78, 5) is 24.6. The molecule has 8 heteroatoms. The molecule has 22 heavy (non-hydrogen) atoms. The molecule has 0 unspecified atom stereocenters. The minimum Gasteiger partial charge on any atom is -0.371 e. The number of halogens is 2. The zero-order chi connectivity index (χ0) is 16.3. The summed E-state index contributed by atoms with van der Waals surface area (Å²) in [5, 5.41) is 3.03. The van der Waals surface area contributed by atoms with Gasteiger partial charge in [-0.1, -0.05) is 29.3 Å². The lowest BCUT2D eigenvalue weighted by Gasteiger charge is -2.36. The summed E-state index contributed by atoms with van der Waals surface area (Å²) in [5.41, 5.74) is 5.86. The molecule has 1 aliphatic rings. The van der Waals surface area contributed by atoms with E-state index < -0.39 is 18.0 Å². The van der Waals surface area contributed by atoms with Crippen molar-refractivity contribution in [2.45, 2.75) is 19.1 Å². The Hall–Kier alpha value is -1.34. The van der Waals surface area contributed by atoms with E-state index in [0.717, 1.165) is 5.56 Å². The molecule has 1 saturated heterocycles. The van der Waals surface area contributed by atoms with E-state index in [4.69, 9.17) is 33.7 Å². The van der Waals surface area contributed by atoms with Crippen molar-refractivity contribution in [1.82, 2.24) is 10.2 Å². The average molecular weight is 346 g/mol. The maximum atomic E-state index is 11.9. The highest BCUT2D eigenvalue weighted by molar-refractivity contribution is 6.42. The molecule has 0 aliphatic carbocycles. The van der Waals surface area contributed by atoms with E-state index in [2.05, 4.69) is 5.32 Å². The van der Waals surface area contributed by atoms with Gasteiger partial charge in [-0.2, -0.15) is 0 Å². The molecule has 0 aromatic heterocycles. The number of carbonyl (C=O) groups is 2. The summed E-state index contributed by atoms with van der Waals surface area (Å²) < 4.78 is 5.73. The molecular weight excluding hydrogens is 329 g/mol. The third-order valence-electron chi connectivity index (χ3n) is 3.59. The molecule has 1 fully saturated rings. The van der Waals surface area contributed by atoms with Gasteiger partial charge in [0, 0.05) is 13.1 Å². The zero-order valence-corrected chi connectivity index (χ0v) is 13.5. The molecule has 0 saturated carbocycles.